The van der Waals surface area contributed by atoms with E-state index >= 15 is 0 Å². The third-order valence-electron chi connectivity index (χ3n) is 4.76. The number of benzene rings is 4. The topological polar surface area (TPSA) is 0 Å². The van der Waals surface area contributed by atoms with Gasteiger partial charge in [-0.05, 0) is 0 Å². The summed E-state index contributed by atoms with van der Waals surface area (Å²) in [5.74, 6) is 0. The Bertz CT molecular complexity index is 864. The van der Waals surface area contributed by atoms with Crippen molar-refractivity contribution in [3.8, 4) is 0 Å². The Morgan fingerprint density at radius 1 is 0.464 bits per heavy atom. The Labute approximate surface area is 185 Å². The van der Waals surface area contributed by atoms with E-state index in [1.54, 1.807) is 0 Å². The fourth-order valence-corrected chi connectivity index (χ4v) is 12.8. The first-order chi connectivity index (χ1) is 13.4. The molecule has 0 atom stereocenters. The van der Waals surface area contributed by atoms with Crippen molar-refractivity contribution < 1.29 is 17.0 Å². The van der Waals surface area contributed by atoms with Crippen LogP contribution in [0.15, 0.2) is 121 Å². The van der Waals surface area contributed by atoms with Gasteiger partial charge in [0.1, 0.15) is 0 Å². The van der Waals surface area contributed by atoms with E-state index in [-0.39, 0.29) is 17.0 Å². The molecule has 0 aliphatic heterocycles. The van der Waals surface area contributed by atoms with Crippen LogP contribution in [0.5, 0.6) is 0 Å². The molecule has 0 nitrogen and oxygen atoms in total. The van der Waals surface area contributed by atoms with Gasteiger partial charge in [0.05, 0.1) is 0 Å². The number of halogens is 1. The summed E-state index contributed by atoms with van der Waals surface area (Å²) in [4.78, 5) is 0. The average molecular weight is 512 g/mol. The van der Waals surface area contributed by atoms with Crippen LogP contribution in [-0.4, -0.2) is 20.0 Å². The van der Waals surface area contributed by atoms with Crippen molar-refractivity contribution in [2.45, 2.75) is 0 Å². The quantitative estimate of drug-likeness (QED) is 0.267. The summed E-state index contributed by atoms with van der Waals surface area (Å²) in [6.07, 6.45) is 0. The molecule has 0 spiro atoms. The Morgan fingerprint density at radius 3 is 1.14 bits per heavy atom. The molecule has 4 rings (SSSR count). The van der Waals surface area contributed by atoms with Crippen LogP contribution in [-0.2, 0) is 0 Å². The van der Waals surface area contributed by atoms with Gasteiger partial charge in [0.2, 0.25) is 0 Å². The molecular weight excluding hydrogens is 490 g/mol. The van der Waals surface area contributed by atoms with Gasteiger partial charge in [0.15, 0.2) is 0 Å². The molecule has 0 saturated carbocycles. The van der Waals surface area contributed by atoms with Crippen LogP contribution in [0.25, 0.3) is 0 Å². The van der Waals surface area contributed by atoms with Gasteiger partial charge in [-0.25, -0.2) is 0 Å². The summed E-state index contributed by atoms with van der Waals surface area (Å²) < 4.78 is 1.47. The Kier molecular flexibility index (Phi) is 7.65. The Balaban J connectivity index is 0.00000225. The van der Waals surface area contributed by atoms with E-state index in [0.29, 0.717) is 15.0 Å². The third-order valence-corrected chi connectivity index (χ3v) is 13.3. The van der Waals surface area contributed by atoms with Crippen molar-refractivity contribution in [1.29, 1.82) is 0 Å². The summed E-state index contributed by atoms with van der Waals surface area (Å²) in [7, 11) is -1.69. The van der Waals surface area contributed by atoms with E-state index in [0.717, 1.165) is 0 Å². The van der Waals surface area contributed by atoms with Crippen molar-refractivity contribution >= 4 is 42.6 Å². The second-order valence-corrected chi connectivity index (χ2v) is 13.0. The molecule has 0 amide bonds. The molecular formula is C25H22BrPSe. The van der Waals surface area contributed by atoms with Crippen LogP contribution in [0.2, 0.25) is 0 Å². The summed E-state index contributed by atoms with van der Waals surface area (Å²) >= 11 is 0.413. The van der Waals surface area contributed by atoms with Gasteiger partial charge in [0.25, 0.3) is 0 Å². The minimum absolute atomic E-state index is 0. The van der Waals surface area contributed by atoms with Gasteiger partial charge >= 0.3 is 169 Å². The number of hydrogen-bond donors (Lipinski definition) is 0. The van der Waals surface area contributed by atoms with Crippen molar-refractivity contribution in [2.24, 2.45) is 0 Å². The zero-order valence-corrected chi connectivity index (χ0v) is 19.7. The zero-order chi connectivity index (χ0) is 18.4. The van der Waals surface area contributed by atoms with Crippen molar-refractivity contribution in [1.82, 2.24) is 0 Å². The molecule has 3 heteroatoms. The Morgan fingerprint density at radius 2 is 0.786 bits per heavy atom. The van der Waals surface area contributed by atoms with Crippen LogP contribution in [0.4, 0.5) is 0 Å². The molecule has 0 aliphatic rings. The van der Waals surface area contributed by atoms with Gasteiger partial charge in [-0.15, -0.1) is 0 Å². The zero-order valence-electron chi connectivity index (χ0n) is 15.5. The van der Waals surface area contributed by atoms with Gasteiger partial charge in [-0.3, -0.25) is 0 Å². The predicted molar refractivity (Wildman–Crippen MR) is 122 cm³/mol. The molecule has 0 heterocycles. The van der Waals surface area contributed by atoms with E-state index in [9.17, 15) is 0 Å². The normalized spacial score (nSPS) is 10.9. The number of hydrogen-bond acceptors (Lipinski definition) is 0. The predicted octanol–water partition coefficient (Wildman–Crippen LogP) is 0.972. The second kappa shape index (κ2) is 10.2. The van der Waals surface area contributed by atoms with E-state index in [1.165, 1.54) is 25.4 Å². The SMILES string of the molecule is [Br-].c1ccc([Se]C[P+](c2ccccc2)(c2ccccc2)c2ccccc2)cc1. The van der Waals surface area contributed by atoms with Crippen LogP contribution >= 0.6 is 7.26 Å². The average Bonchev–Trinajstić information content (AvgIpc) is 2.77. The summed E-state index contributed by atoms with van der Waals surface area (Å²) in [6, 6.07) is 44.4. The van der Waals surface area contributed by atoms with E-state index < -0.39 is 7.26 Å². The van der Waals surface area contributed by atoms with Crippen LogP contribution in [0.1, 0.15) is 0 Å². The van der Waals surface area contributed by atoms with Crippen molar-refractivity contribution in [3.05, 3.63) is 121 Å². The second-order valence-electron chi connectivity index (χ2n) is 6.40. The van der Waals surface area contributed by atoms with Crippen molar-refractivity contribution in [3.63, 3.8) is 0 Å². The van der Waals surface area contributed by atoms with Gasteiger partial charge in [0, 0.05) is 0 Å². The first-order valence-corrected chi connectivity index (χ1v) is 13.2. The molecule has 0 saturated heterocycles. The van der Waals surface area contributed by atoms with Gasteiger partial charge < -0.3 is 17.0 Å². The molecule has 4 aromatic rings. The fraction of sp³-hybridized carbons (Fsp3) is 0.0400. The van der Waals surface area contributed by atoms with Gasteiger partial charge in [-0.2, -0.15) is 0 Å². The van der Waals surface area contributed by atoms with Gasteiger partial charge in [-0.1, -0.05) is 0 Å². The Hall–Kier alpha value is -1.69. The summed E-state index contributed by atoms with van der Waals surface area (Å²) in [5, 5.41) is 5.61. The molecule has 0 aromatic heterocycles. The minimum atomic E-state index is -1.69. The van der Waals surface area contributed by atoms with Crippen LogP contribution in [0.3, 0.4) is 0 Å². The van der Waals surface area contributed by atoms with E-state index in [4.69, 9.17) is 0 Å². The molecule has 0 unspecified atom stereocenters. The molecule has 4 aromatic carbocycles. The summed E-state index contributed by atoms with van der Waals surface area (Å²) in [5.41, 5.74) is 0. The van der Waals surface area contributed by atoms with E-state index in [2.05, 4.69) is 121 Å². The third kappa shape index (κ3) is 4.48. The number of rotatable bonds is 6. The molecule has 0 N–H and O–H groups in total. The molecule has 0 aliphatic carbocycles. The summed E-state index contributed by atoms with van der Waals surface area (Å²) in [6.45, 7) is 0. The van der Waals surface area contributed by atoms with Crippen LogP contribution < -0.4 is 37.4 Å². The first-order valence-electron chi connectivity index (χ1n) is 9.12. The standard InChI is InChI=1S/C25H22PSe.BrH/c1-5-13-22(14-6-1)26(23-15-7-2-8-16-23,24-17-9-3-10-18-24)21-27-25-19-11-4-12-20-25;/h1-20H,21H2;1H/q+1;/p-1. The fourth-order valence-electron chi connectivity index (χ4n) is 3.41. The van der Waals surface area contributed by atoms with Crippen LogP contribution in [0, 0.1) is 0 Å². The molecule has 0 radical (unpaired) electrons. The van der Waals surface area contributed by atoms with Crippen molar-refractivity contribution in [2.75, 3.05) is 5.06 Å². The first kappa shape index (κ1) is 21.0. The molecule has 28 heavy (non-hydrogen) atoms. The molecule has 0 bridgehead atoms. The monoisotopic (exact) mass is 512 g/mol. The maximum atomic E-state index is 2.33. The maximum absolute atomic E-state index is 2.33. The molecule has 140 valence electrons. The van der Waals surface area contributed by atoms with E-state index in [1.807, 2.05) is 0 Å². The molecule has 0 fully saturated rings.